The van der Waals surface area contributed by atoms with Gasteiger partial charge in [0, 0.05) is 36.7 Å². The van der Waals surface area contributed by atoms with E-state index in [2.05, 4.69) is 45.6 Å². The molecule has 1 N–H and O–H groups in total. The molecule has 1 aliphatic rings. The number of carbonyl (C=O) groups is 1. The molecule has 0 saturated carbocycles. The van der Waals surface area contributed by atoms with E-state index < -0.39 is 0 Å². The van der Waals surface area contributed by atoms with Crippen LogP contribution in [0.15, 0.2) is 73.1 Å². The maximum absolute atomic E-state index is 12.9. The van der Waals surface area contributed by atoms with E-state index in [1.54, 1.807) is 18.5 Å². The van der Waals surface area contributed by atoms with Gasteiger partial charge in [-0.05, 0) is 55.0 Å². The summed E-state index contributed by atoms with van der Waals surface area (Å²) >= 11 is 0. The van der Waals surface area contributed by atoms with E-state index in [1.807, 2.05) is 29.2 Å². The predicted molar refractivity (Wildman–Crippen MR) is 111 cm³/mol. The van der Waals surface area contributed by atoms with Gasteiger partial charge in [-0.15, -0.1) is 0 Å². The summed E-state index contributed by atoms with van der Waals surface area (Å²) in [6.07, 6.45) is 6.57. The first-order chi connectivity index (χ1) is 13.8. The van der Waals surface area contributed by atoms with Gasteiger partial charge in [0.2, 0.25) is 5.95 Å². The zero-order valence-electron chi connectivity index (χ0n) is 15.8. The first kappa shape index (κ1) is 18.2. The summed E-state index contributed by atoms with van der Waals surface area (Å²) in [5.74, 6) is 1.26. The van der Waals surface area contributed by atoms with Crippen molar-refractivity contribution in [3.05, 3.63) is 84.2 Å². The molecule has 142 valence electrons. The van der Waals surface area contributed by atoms with Gasteiger partial charge in [0.25, 0.3) is 5.91 Å². The summed E-state index contributed by atoms with van der Waals surface area (Å²) in [4.78, 5) is 23.2. The molecular formula is C23H24N4O. The Kier molecular flexibility index (Phi) is 5.61. The topological polar surface area (TPSA) is 58.1 Å². The minimum absolute atomic E-state index is 0.0933. The van der Waals surface area contributed by atoms with Crippen molar-refractivity contribution in [2.75, 3.05) is 18.4 Å². The van der Waals surface area contributed by atoms with Crippen molar-refractivity contribution in [1.29, 1.82) is 0 Å². The molecule has 2 aromatic carbocycles. The smallest absolute Gasteiger partial charge is 0.253 e. The van der Waals surface area contributed by atoms with Gasteiger partial charge < -0.3 is 10.2 Å². The monoisotopic (exact) mass is 372 g/mol. The van der Waals surface area contributed by atoms with Crippen LogP contribution in [0, 0.1) is 5.92 Å². The molecule has 4 rings (SSSR count). The fraction of sp³-hybridized carbons (Fsp3) is 0.261. The molecule has 0 spiro atoms. The molecule has 0 unspecified atom stereocenters. The average Bonchev–Trinajstić information content (AvgIpc) is 2.75. The normalized spacial score (nSPS) is 14.6. The molecule has 3 aromatic rings. The maximum Gasteiger partial charge on any atom is 0.253 e. The minimum Gasteiger partial charge on any atom is -0.339 e. The highest BCUT2D eigenvalue weighted by Gasteiger charge is 2.24. The number of benzene rings is 2. The van der Waals surface area contributed by atoms with E-state index in [0.717, 1.165) is 38.0 Å². The molecular weight excluding hydrogens is 348 g/mol. The van der Waals surface area contributed by atoms with Crippen molar-refractivity contribution in [3.8, 4) is 0 Å². The van der Waals surface area contributed by atoms with Crippen LogP contribution in [0.4, 0.5) is 11.6 Å². The highest BCUT2D eigenvalue weighted by Crippen LogP contribution is 2.23. The number of carbonyl (C=O) groups excluding carboxylic acids is 1. The van der Waals surface area contributed by atoms with E-state index in [4.69, 9.17) is 0 Å². The number of hydrogen-bond acceptors (Lipinski definition) is 4. The van der Waals surface area contributed by atoms with E-state index in [-0.39, 0.29) is 5.91 Å². The van der Waals surface area contributed by atoms with Crippen molar-refractivity contribution in [2.45, 2.75) is 19.3 Å². The lowest BCUT2D eigenvalue weighted by molar-refractivity contribution is 0.0690. The lowest BCUT2D eigenvalue weighted by Crippen LogP contribution is -2.38. The van der Waals surface area contributed by atoms with Crippen molar-refractivity contribution < 1.29 is 4.79 Å². The van der Waals surface area contributed by atoms with Gasteiger partial charge in [-0.3, -0.25) is 4.79 Å². The van der Waals surface area contributed by atoms with Gasteiger partial charge in [-0.25, -0.2) is 9.97 Å². The second-order valence-corrected chi connectivity index (χ2v) is 7.20. The number of likely N-dealkylation sites (tertiary alicyclic amines) is 1. The Morgan fingerprint density at radius 1 is 0.964 bits per heavy atom. The Bertz CT molecular complexity index is 906. The van der Waals surface area contributed by atoms with Gasteiger partial charge in [0.15, 0.2) is 0 Å². The molecule has 0 radical (unpaired) electrons. The molecule has 5 nitrogen and oxygen atoms in total. The second kappa shape index (κ2) is 8.65. The number of rotatable bonds is 5. The van der Waals surface area contributed by atoms with E-state index in [0.29, 0.717) is 17.4 Å². The number of piperidine rings is 1. The molecule has 0 aliphatic carbocycles. The molecule has 2 heterocycles. The first-order valence-electron chi connectivity index (χ1n) is 9.75. The molecule has 1 aliphatic heterocycles. The van der Waals surface area contributed by atoms with Crippen molar-refractivity contribution in [2.24, 2.45) is 5.92 Å². The van der Waals surface area contributed by atoms with E-state index >= 15 is 0 Å². The van der Waals surface area contributed by atoms with Gasteiger partial charge in [0.1, 0.15) is 0 Å². The molecule has 1 saturated heterocycles. The average molecular weight is 372 g/mol. The number of nitrogens with one attached hydrogen (secondary N) is 1. The zero-order chi connectivity index (χ0) is 19.2. The van der Waals surface area contributed by atoms with Crippen LogP contribution in [0.2, 0.25) is 0 Å². The fourth-order valence-electron chi connectivity index (χ4n) is 3.69. The molecule has 1 aromatic heterocycles. The number of amides is 1. The van der Waals surface area contributed by atoms with Crippen LogP contribution in [0.5, 0.6) is 0 Å². The van der Waals surface area contributed by atoms with Gasteiger partial charge in [-0.2, -0.15) is 0 Å². The van der Waals surface area contributed by atoms with Crippen LogP contribution >= 0.6 is 0 Å². The van der Waals surface area contributed by atoms with Crippen molar-refractivity contribution in [1.82, 2.24) is 14.9 Å². The summed E-state index contributed by atoms with van der Waals surface area (Å²) < 4.78 is 0. The maximum atomic E-state index is 12.9. The Morgan fingerprint density at radius 2 is 1.71 bits per heavy atom. The largest absolute Gasteiger partial charge is 0.339 e. The number of aromatic nitrogens is 2. The summed E-state index contributed by atoms with van der Waals surface area (Å²) in [5.41, 5.74) is 2.90. The standard InChI is InChI=1S/C23H24N4O/c28-22(20-8-4-9-21(17-20)26-23-24-12-5-13-25-23)27-14-10-19(11-15-27)16-18-6-2-1-3-7-18/h1-9,12-13,17,19H,10-11,14-16H2,(H,24,25,26). The summed E-state index contributed by atoms with van der Waals surface area (Å²) in [7, 11) is 0. The zero-order valence-corrected chi connectivity index (χ0v) is 15.8. The van der Waals surface area contributed by atoms with Crippen LogP contribution in [-0.4, -0.2) is 33.9 Å². The van der Waals surface area contributed by atoms with Crippen molar-refractivity contribution in [3.63, 3.8) is 0 Å². The van der Waals surface area contributed by atoms with Crippen LogP contribution in [0.3, 0.4) is 0 Å². The van der Waals surface area contributed by atoms with Crippen LogP contribution in [-0.2, 0) is 6.42 Å². The Balaban J connectivity index is 1.35. The van der Waals surface area contributed by atoms with E-state index in [1.165, 1.54) is 5.56 Å². The molecule has 0 bridgehead atoms. The Hall–Kier alpha value is -3.21. The summed E-state index contributed by atoms with van der Waals surface area (Å²) in [6.45, 7) is 1.63. The van der Waals surface area contributed by atoms with Gasteiger partial charge in [-0.1, -0.05) is 36.4 Å². The van der Waals surface area contributed by atoms with Crippen LogP contribution < -0.4 is 5.32 Å². The number of hydrogen-bond donors (Lipinski definition) is 1. The summed E-state index contributed by atoms with van der Waals surface area (Å²) in [6, 6.07) is 19.9. The Morgan fingerprint density at radius 3 is 2.46 bits per heavy atom. The third kappa shape index (κ3) is 4.55. The van der Waals surface area contributed by atoms with Crippen LogP contribution in [0.1, 0.15) is 28.8 Å². The van der Waals surface area contributed by atoms with Crippen molar-refractivity contribution >= 4 is 17.5 Å². The summed E-state index contributed by atoms with van der Waals surface area (Å²) in [5, 5.41) is 3.14. The van der Waals surface area contributed by atoms with Gasteiger partial charge in [0.05, 0.1) is 0 Å². The second-order valence-electron chi connectivity index (χ2n) is 7.20. The molecule has 5 heteroatoms. The molecule has 1 fully saturated rings. The minimum atomic E-state index is 0.0933. The Labute approximate surface area is 165 Å². The third-order valence-corrected chi connectivity index (χ3v) is 5.20. The molecule has 28 heavy (non-hydrogen) atoms. The number of anilines is 2. The fourth-order valence-corrected chi connectivity index (χ4v) is 3.69. The lowest BCUT2D eigenvalue weighted by atomic mass is 9.90. The first-order valence-corrected chi connectivity index (χ1v) is 9.75. The van der Waals surface area contributed by atoms with Gasteiger partial charge >= 0.3 is 0 Å². The third-order valence-electron chi connectivity index (χ3n) is 5.20. The highest BCUT2D eigenvalue weighted by molar-refractivity contribution is 5.95. The predicted octanol–water partition coefficient (Wildman–Crippen LogP) is 4.32. The number of nitrogens with zero attached hydrogens (tertiary/aromatic N) is 3. The molecule has 1 amide bonds. The quantitative estimate of drug-likeness (QED) is 0.725. The SMILES string of the molecule is O=C(c1cccc(Nc2ncccn2)c1)N1CCC(Cc2ccccc2)CC1. The highest BCUT2D eigenvalue weighted by atomic mass is 16.2. The lowest BCUT2D eigenvalue weighted by Gasteiger charge is -2.32. The van der Waals surface area contributed by atoms with E-state index in [9.17, 15) is 4.79 Å². The van der Waals surface area contributed by atoms with Crippen LogP contribution in [0.25, 0.3) is 0 Å². The molecule has 0 atom stereocenters.